The lowest BCUT2D eigenvalue weighted by atomic mass is 10.2. The minimum absolute atomic E-state index is 0.0578. The third-order valence-electron chi connectivity index (χ3n) is 3.52. The SMILES string of the molecule is Cc1ccc(S(=O)(=O)NCC(=O)OCC(=O)N(C)Cc2ccsc2)cc1. The zero-order chi connectivity index (χ0) is 19.2. The molecule has 0 spiro atoms. The minimum atomic E-state index is -3.81. The number of thiophene rings is 1. The average molecular weight is 396 g/mol. The highest BCUT2D eigenvalue weighted by atomic mass is 32.2. The van der Waals surface area contributed by atoms with Crippen LogP contribution in [-0.4, -0.2) is 45.4 Å². The van der Waals surface area contributed by atoms with Crippen LogP contribution in [-0.2, 0) is 30.9 Å². The quantitative estimate of drug-likeness (QED) is 0.683. The molecule has 1 aromatic heterocycles. The number of carbonyl (C=O) groups is 2. The van der Waals surface area contributed by atoms with Gasteiger partial charge in [0.2, 0.25) is 10.0 Å². The lowest BCUT2D eigenvalue weighted by Crippen LogP contribution is -2.34. The molecule has 1 aromatic carbocycles. The highest BCUT2D eigenvalue weighted by Crippen LogP contribution is 2.10. The van der Waals surface area contributed by atoms with Crippen molar-refractivity contribution in [1.82, 2.24) is 9.62 Å². The molecule has 140 valence electrons. The van der Waals surface area contributed by atoms with Gasteiger partial charge in [-0.25, -0.2) is 8.42 Å². The van der Waals surface area contributed by atoms with Crippen molar-refractivity contribution in [2.24, 2.45) is 0 Å². The first kappa shape index (κ1) is 20.1. The zero-order valence-corrected chi connectivity index (χ0v) is 16.1. The van der Waals surface area contributed by atoms with E-state index in [4.69, 9.17) is 4.74 Å². The summed E-state index contributed by atoms with van der Waals surface area (Å²) < 4.78 is 31.2. The molecular weight excluding hydrogens is 376 g/mol. The fraction of sp³-hybridized carbons (Fsp3) is 0.294. The number of rotatable bonds is 8. The Morgan fingerprint density at radius 1 is 1.19 bits per heavy atom. The summed E-state index contributed by atoms with van der Waals surface area (Å²) in [4.78, 5) is 25.1. The number of nitrogens with zero attached hydrogens (tertiary/aromatic N) is 1. The zero-order valence-electron chi connectivity index (χ0n) is 14.5. The normalized spacial score (nSPS) is 11.2. The Morgan fingerprint density at radius 3 is 2.50 bits per heavy atom. The van der Waals surface area contributed by atoms with Gasteiger partial charge in [0.25, 0.3) is 5.91 Å². The number of aryl methyl sites for hydroxylation is 1. The molecule has 1 N–H and O–H groups in total. The number of hydrogen-bond donors (Lipinski definition) is 1. The lowest BCUT2D eigenvalue weighted by Gasteiger charge is -2.16. The molecule has 0 aliphatic carbocycles. The number of likely N-dealkylation sites (N-methyl/N-ethyl adjacent to an activating group) is 1. The first-order chi connectivity index (χ1) is 12.3. The predicted molar refractivity (Wildman–Crippen MR) is 98.1 cm³/mol. The van der Waals surface area contributed by atoms with Crippen LogP contribution in [0.4, 0.5) is 0 Å². The number of esters is 1. The van der Waals surface area contributed by atoms with Crippen molar-refractivity contribution in [3.8, 4) is 0 Å². The molecule has 0 atom stereocenters. The first-order valence-corrected chi connectivity index (χ1v) is 10.2. The Hall–Kier alpha value is -2.23. The van der Waals surface area contributed by atoms with Gasteiger partial charge in [0.1, 0.15) is 6.54 Å². The largest absolute Gasteiger partial charge is 0.455 e. The van der Waals surface area contributed by atoms with Crippen LogP contribution >= 0.6 is 11.3 Å². The summed E-state index contributed by atoms with van der Waals surface area (Å²) in [6, 6.07) is 8.13. The molecule has 7 nitrogen and oxygen atoms in total. The van der Waals surface area contributed by atoms with Gasteiger partial charge < -0.3 is 9.64 Å². The number of amides is 1. The Bertz CT molecular complexity index is 846. The van der Waals surface area contributed by atoms with E-state index in [0.29, 0.717) is 6.54 Å². The van der Waals surface area contributed by atoms with Crippen LogP contribution in [0, 0.1) is 6.92 Å². The van der Waals surface area contributed by atoms with Gasteiger partial charge in [-0.2, -0.15) is 16.1 Å². The Labute approximate surface area is 156 Å². The fourth-order valence-corrected chi connectivity index (χ4v) is 3.63. The molecule has 0 saturated heterocycles. The van der Waals surface area contributed by atoms with E-state index in [2.05, 4.69) is 4.72 Å². The number of benzene rings is 1. The Morgan fingerprint density at radius 2 is 1.88 bits per heavy atom. The van der Waals surface area contributed by atoms with E-state index in [1.165, 1.54) is 28.4 Å². The summed E-state index contributed by atoms with van der Waals surface area (Å²) in [7, 11) is -2.20. The van der Waals surface area contributed by atoms with E-state index in [0.717, 1.165) is 11.1 Å². The van der Waals surface area contributed by atoms with Crippen LogP contribution in [0.15, 0.2) is 46.0 Å². The molecule has 0 radical (unpaired) electrons. The van der Waals surface area contributed by atoms with Gasteiger partial charge in [0.05, 0.1) is 4.90 Å². The number of hydrogen-bond acceptors (Lipinski definition) is 6. The maximum atomic E-state index is 12.1. The molecule has 0 bridgehead atoms. The highest BCUT2D eigenvalue weighted by molar-refractivity contribution is 7.89. The van der Waals surface area contributed by atoms with Crippen molar-refractivity contribution in [2.75, 3.05) is 20.2 Å². The van der Waals surface area contributed by atoms with E-state index in [1.54, 1.807) is 19.2 Å². The maximum Gasteiger partial charge on any atom is 0.321 e. The second kappa shape index (κ2) is 8.93. The number of sulfonamides is 1. The number of nitrogens with one attached hydrogen (secondary N) is 1. The first-order valence-electron chi connectivity index (χ1n) is 7.75. The molecule has 1 amide bonds. The predicted octanol–water partition coefficient (Wildman–Crippen LogP) is 1.54. The molecule has 1 heterocycles. The molecule has 9 heteroatoms. The fourth-order valence-electron chi connectivity index (χ4n) is 2.00. The number of ether oxygens (including phenoxy) is 1. The van der Waals surface area contributed by atoms with E-state index < -0.39 is 29.1 Å². The molecule has 2 aromatic rings. The summed E-state index contributed by atoms with van der Waals surface area (Å²) in [5.41, 5.74) is 1.91. The van der Waals surface area contributed by atoms with Crippen molar-refractivity contribution in [3.05, 3.63) is 52.2 Å². The summed E-state index contributed by atoms with van der Waals surface area (Å²) in [6.45, 7) is 1.27. The van der Waals surface area contributed by atoms with Crippen LogP contribution in [0.2, 0.25) is 0 Å². The van der Waals surface area contributed by atoms with E-state index in [1.807, 2.05) is 23.8 Å². The summed E-state index contributed by atoms with van der Waals surface area (Å²) >= 11 is 1.53. The Kier molecular flexibility index (Phi) is 6.90. The Balaban J connectivity index is 1.77. The van der Waals surface area contributed by atoms with Gasteiger partial charge in [-0.05, 0) is 41.4 Å². The van der Waals surface area contributed by atoms with Gasteiger partial charge in [0, 0.05) is 13.6 Å². The monoisotopic (exact) mass is 396 g/mol. The minimum Gasteiger partial charge on any atom is -0.455 e. The topological polar surface area (TPSA) is 92.8 Å². The van der Waals surface area contributed by atoms with Gasteiger partial charge in [-0.3, -0.25) is 9.59 Å². The summed E-state index contributed by atoms with van der Waals surface area (Å²) in [5.74, 6) is -1.19. The lowest BCUT2D eigenvalue weighted by molar-refractivity contribution is -0.150. The third kappa shape index (κ3) is 5.94. The van der Waals surface area contributed by atoms with Crippen molar-refractivity contribution in [3.63, 3.8) is 0 Å². The van der Waals surface area contributed by atoms with E-state index in [-0.39, 0.29) is 10.8 Å². The van der Waals surface area contributed by atoms with E-state index >= 15 is 0 Å². The second-order valence-corrected chi connectivity index (χ2v) is 8.23. The van der Waals surface area contributed by atoms with Gasteiger partial charge >= 0.3 is 5.97 Å². The van der Waals surface area contributed by atoms with Crippen LogP contribution in [0.25, 0.3) is 0 Å². The molecule has 2 rings (SSSR count). The third-order valence-corrected chi connectivity index (χ3v) is 5.67. The van der Waals surface area contributed by atoms with Crippen molar-refractivity contribution < 1.29 is 22.7 Å². The molecule has 26 heavy (non-hydrogen) atoms. The molecule has 0 aliphatic heterocycles. The molecule has 0 aliphatic rings. The summed E-state index contributed by atoms with van der Waals surface area (Å²) in [5, 5.41) is 3.84. The smallest absolute Gasteiger partial charge is 0.321 e. The van der Waals surface area contributed by atoms with Crippen LogP contribution in [0.5, 0.6) is 0 Å². The average Bonchev–Trinajstić information content (AvgIpc) is 3.11. The van der Waals surface area contributed by atoms with Crippen molar-refractivity contribution in [2.45, 2.75) is 18.4 Å². The standard InChI is InChI=1S/C17H20N2O5S2/c1-13-3-5-15(6-4-13)26(22,23)18-9-17(21)24-11-16(20)19(2)10-14-7-8-25-12-14/h3-8,12,18H,9-11H2,1-2H3. The van der Waals surface area contributed by atoms with Crippen molar-refractivity contribution in [1.29, 1.82) is 0 Å². The van der Waals surface area contributed by atoms with Gasteiger partial charge in [0.15, 0.2) is 6.61 Å². The van der Waals surface area contributed by atoms with Crippen LogP contribution < -0.4 is 4.72 Å². The molecule has 0 saturated carbocycles. The van der Waals surface area contributed by atoms with Crippen LogP contribution in [0.1, 0.15) is 11.1 Å². The number of carbonyl (C=O) groups excluding carboxylic acids is 2. The van der Waals surface area contributed by atoms with Crippen LogP contribution in [0.3, 0.4) is 0 Å². The second-order valence-electron chi connectivity index (χ2n) is 5.68. The summed E-state index contributed by atoms with van der Waals surface area (Å²) in [6.07, 6.45) is 0. The maximum absolute atomic E-state index is 12.1. The van der Waals surface area contributed by atoms with Gasteiger partial charge in [-0.1, -0.05) is 17.7 Å². The van der Waals surface area contributed by atoms with Gasteiger partial charge in [-0.15, -0.1) is 0 Å². The molecule has 0 unspecified atom stereocenters. The molecular formula is C17H20N2O5S2. The van der Waals surface area contributed by atoms with E-state index in [9.17, 15) is 18.0 Å². The molecule has 0 fully saturated rings. The highest BCUT2D eigenvalue weighted by Gasteiger charge is 2.17. The van der Waals surface area contributed by atoms with Crippen molar-refractivity contribution >= 4 is 33.2 Å².